The highest BCUT2D eigenvalue weighted by atomic mass is 32.2. The second-order valence-corrected chi connectivity index (χ2v) is 9.34. The van der Waals surface area contributed by atoms with Gasteiger partial charge in [0.15, 0.2) is 11.0 Å². The van der Waals surface area contributed by atoms with Crippen LogP contribution in [0.3, 0.4) is 0 Å². The van der Waals surface area contributed by atoms with Gasteiger partial charge in [-0.25, -0.2) is 4.39 Å². The Hall–Kier alpha value is -1.93. The van der Waals surface area contributed by atoms with E-state index in [0.29, 0.717) is 23.4 Å². The Labute approximate surface area is 181 Å². The first-order chi connectivity index (χ1) is 14.6. The smallest absolute Gasteiger partial charge is 0.233 e. The standard InChI is InChI=1S/C22H30FN5OS/c1-17-9-13-27(14-10-17)21(29)16-30-22-25-24-20(15-26-11-3-2-4-12-26)28(22)19-7-5-18(23)6-8-19/h5-8,17H,2-4,9-16H2,1H3. The molecular formula is C22H30FN5OS. The number of carbonyl (C=O) groups is 1. The van der Waals surface area contributed by atoms with E-state index in [-0.39, 0.29) is 11.7 Å². The van der Waals surface area contributed by atoms with E-state index in [0.717, 1.165) is 50.5 Å². The summed E-state index contributed by atoms with van der Waals surface area (Å²) >= 11 is 1.42. The lowest BCUT2D eigenvalue weighted by Crippen LogP contribution is -2.38. The SMILES string of the molecule is CC1CCN(C(=O)CSc2nnc(CN3CCCCC3)n2-c2ccc(F)cc2)CC1. The molecule has 4 rings (SSSR count). The van der Waals surface area contributed by atoms with E-state index < -0.39 is 0 Å². The molecule has 0 spiro atoms. The van der Waals surface area contributed by atoms with Gasteiger partial charge in [-0.1, -0.05) is 25.1 Å². The van der Waals surface area contributed by atoms with Gasteiger partial charge in [-0.2, -0.15) is 0 Å². The highest BCUT2D eigenvalue weighted by molar-refractivity contribution is 7.99. The van der Waals surface area contributed by atoms with Crippen molar-refractivity contribution in [2.24, 2.45) is 5.92 Å². The fourth-order valence-corrected chi connectivity index (χ4v) is 5.01. The van der Waals surface area contributed by atoms with Gasteiger partial charge in [0.25, 0.3) is 0 Å². The first-order valence-corrected chi connectivity index (χ1v) is 11.9. The monoisotopic (exact) mass is 431 g/mol. The lowest BCUT2D eigenvalue weighted by Gasteiger charge is -2.30. The second kappa shape index (κ2) is 9.92. The average molecular weight is 432 g/mol. The van der Waals surface area contributed by atoms with E-state index in [4.69, 9.17) is 0 Å². The van der Waals surface area contributed by atoms with E-state index in [9.17, 15) is 9.18 Å². The predicted molar refractivity (Wildman–Crippen MR) is 116 cm³/mol. The topological polar surface area (TPSA) is 54.3 Å². The molecule has 0 radical (unpaired) electrons. The molecule has 2 aliphatic rings. The highest BCUT2D eigenvalue weighted by Crippen LogP contribution is 2.25. The summed E-state index contributed by atoms with van der Waals surface area (Å²) in [5.74, 6) is 1.76. The fraction of sp³-hybridized carbons (Fsp3) is 0.591. The van der Waals surface area contributed by atoms with Gasteiger partial charge in [0.05, 0.1) is 12.3 Å². The minimum absolute atomic E-state index is 0.151. The number of nitrogens with zero attached hydrogens (tertiary/aromatic N) is 5. The number of halogens is 1. The summed E-state index contributed by atoms with van der Waals surface area (Å²) in [6.45, 7) is 6.75. The Morgan fingerprint density at radius 1 is 1.07 bits per heavy atom. The van der Waals surface area contributed by atoms with Crippen molar-refractivity contribution in [2.45, 2.75) is 50.7 Å². The van der Waals surface area contributed by atoms with E-state index in [1.54, 1.807) is 12.1 Å². The molecule has 0 N–H and O–H groups in total. The Morgan fingerprint density at radius 3 is 2.47 bits per heavy atom. The van der Waals surface area contributed by atoms with Gasteiger partial charge in [0.2, 0.25) is 5.91 Å². The Bertz CT molecular complexity index is 842. The van der Waals surface area contributed by atoms with Crippen LogP contribution < -0.4 is 0 Å². The van der Waals surface area contributed by atoms with Gasteiger partial charge in [-0.3, -0.25) is 14.3 Å². The number of piperidine rings is 2. The van der Waals surface area contributed by atoms with Crippen molar-refractivity contribution in [3.05, 3.63) is 35.9 Å². The molecule has 0 atom stereocenters. The number of rotatable bonds is 6. The number of benzene rings is 1. The van der Waals surface area contributed by atoms with Gasteiger partial charge in [-0.15, -0.1) is 10.2 Å². The maximum atomic E-state index is 13.5. The van der Waals surface area contributed by atoms with Crippen LogP contribution in [0.25, 0.3) is 5.69 Å². The van der Waals surface area contributed by atoms with Crippen LogP contribution in [0.1, 0.15) is 44.9 Å². The minimum Gasteiger partial charge on any atom is -0.342 e. The Kier molecular flexibility index (Phi) is 7.04. The highest BCUT2D eigenvalue weighted by Gasteiger charge is 2.23. The van der Waals surface area contributed by atoms with E-state index in [1.807, 2.05) is 9.47 Å². The zero-order valence-electron chi connectivity index (χ0n) is 17.6. The van der Waals surface area contributed by atoms with Crippen LogP contribution in [0, 0.1) is 11.7 Å². The van der Waals surface area contributed by atoms with Crippen LogP contribution >= 0.6 is 11.8 Å². The zero-order valence-corrected chi connectivity index (χ0v) is 18.4. The van der Waals surface area contributed by atoms with Gasteiger partial charge >= 0.3 is 0 Å². The third-order valence-electron chi connectivity index (χ3n) is 6.06. The molecule has 6 nitrogen and oxygen atoms in total. The summed E-state index contributed by atoms with van der Waals surface area (Å²) in [6, 6.07) is 6.40. The van der Waals surface area contributed by atoms with Crippen LogP contribution in [-0.4, -0.2) is 62.4 Å². The average Bonchev–Trinajstić information content (AvgIpc) is 3.16. The van der Waals surface area contributed by atoms with Crippen molar-refractivity contribution in [1.29, 1.82) is 0 Å². The summed E-state index contributed by atoms with van der Waals surface area (Å²) in [5.41, 5.74) is 0.829. The van der Waals surface area contributed by atoms with Crippen LogP contribution in [0.4, 0.5) is 4.39 Å². The molecule has 0 saturated carbocycles. The molecule has 8 heteroatoms. The van der Waals surface area contributed by atoms with Crippen molar-refractivity contribution in [1.82, 2.24) is 24.6 Å². The van der Waals surface area contributed by atoms with E-state index >= 15 is 0 Å². The van der Waals surface area contributed by atoms with Gasteiger partial charge in [0.1, 0.15) is 5.82 Å². The van der Waals surface area contributed by atoms with Gasteiger partial charge in [-0.05, 0) is 69.0 Å². The molecule has 2 fully saturated rings. The van der Waals surface area contributed by atoms with Crippen LogP contribution in [0.15, 0.2) is 29.4 Å². The second-order valence-electron chi connectivity index (χ2n) is 8.40. The van der Waals surface area contributed by atoms with E-state index in [1.165, 1.54) is 43.2 Å². The summed E-state index contributed by atoms with van der Waals surface area (Å²) in [5, 5.41) is 9.52. The molecule has 0 bridgehead atoms. The lowest BCUT2D eigenvalue weighted by molar-refractivity contribution is -0.129. The molecule has 2 saturated heterocycles. The number of thioether (sulfide) groups is 1. The molecule has 1 amide bonds. The fourth-order valence-electron chi connectivity index (χ4n) is 4.14. The summed E-state index contributed by atoms with van der Waals surface area (Å²) < 4.78 is 15.5. The Balaban J connectivity index is 1.50. The summed E-state index contributed by atoms with van der Waals surface area (Å²) in [6.07, 6.45) is 5.83. The number of carbonyl (C=O) groups excluding carboxylic acids is 1. The van der Waals surface area contributed by atoms with Crippen molar-refractivity contribution >= 4 is 17.7 Å². The lowest BCUT2D eigenvalue weighted by atomic mass is 9.99. The largest absolute Gasteiger partial charge is 0.342 e. The third kappa shape index (κ3) is 5.21. The normalized spacial score (nSPS) is 18.7. The first-order valence-electron chi connectivity index (χ1n) is 10.9. The molecule has 30 heavy (non-hydrogen) atoms. The molecule has 1 aromatic heterocycles. The predicted octanol–water partition coefficient (Wildman–Crippen LogP) is 3.74. The molecule has 3 heterocycles. The number of aromatic nitrogens is 3. The molecule has 0 unspecified atom stereocenters. The zero-order chi connectivity index (χ0) is 20.9. The summed E-state index contributed by atoms with van der Waals surface area (Å²) in [7, 11) is 0. The third-order valence-corrected chi connectivity index (χ3v) is 6.97. The van der Waals surface area contributed by atoms with Gasteiger partial charge < -0.3 is 4.90 Å². The number of hydrogen-bond acceptors (Lipinski definition) is 5. The van der Waals surface area contributed by atoms with Crippen molar-refractivity contribution in [3.8, 4) is 5.69 Å². The van der Waals surface area contributed by atoms with E-state index in [2.05, 4.69) is 22.0 Å². The summed E-state index contributed by atoms with van der Waals surface area (Å²) in [4.78, 5) is 17.0. The molecule has 1 aromatic carbocycles. The Morgan fingerprint density at radius 2 is 1.77 bits per heavy atom. The molecule has 162 valence electrons. The quantitative estimate of drug-likeness (QED) is 0.652. The number of likely N-dealkylation sites (tertiary alicyclic amines) is 2. The number of hydrogen-bond donors (Lipinski definition) is 0. The number of amides is 1. The molecule has 0 aliphatic carbocycles. The van der Waals surface area contributed by atoms with Crippen molar-refractivity contribution < 1.29 is 9.18 Å². The van der Waals surface area contributed by atoms with Crippen molar-refractivity contribution in [2.75, 3.05) is 31.9 Å². The molecule has 2 aliphatic heterocycles. The first kappa shape index (κ1) is 21.3. The van der Waals surface area contributed by atoms with Crippen molar-refractivity contribution in [3.63, 3.8) is 0 Å². The van der Waals surface area contributed by atoms with Crippen LogP contribution in [-0.2, 0) is 11.3 Å². The maximum Gasteiger partial charge on any atom is 0.233 e. The van der Waals surface area contributed by atoms with Gasteiger partial charge in [0, 0.05) is 18.8 Å². The molecular weight excluding hydrogens is 401 g/mol. The minimum atomic E-state index is -0.270. The van der Waals surface area contributed by atoms with Crippen LogP contribution in [0.2, 0.25) is 0 Å². The van der Waals surface area contributed by atoms with Crippen LogP contribution in [0.5, 0.6) is 0 Å². The molecule has 2 aromatic rings. The maximum absolute atomic E-state index is 13.5.